The standard InChI is InChI=1S/C20H24N2O2.ClH/c23-19(18-14-20(18)7-9-21-10-8-20)22-11-12-24-17-6-5-15-3-1-2-4-16(15)13-17;/h1-6,13,18,21H,7-12,14H2,(H,22,23);1H. The Bertz CT molecular complexity index is 743. The second-order valence-corrected chi connectivity index (χ2v) is 7.02. The summed E-state index contributed by atoms with van der Waals surface area (Å²) in [6, 6.07) is 14.3. The Balaban J connectivity index is 0.00000182. The third-order valence-electron chi connectivity index (χ3n) is 5.50. The molecule has 1 spiro atoms. The fraction of sp³-hybridized carbons (Fsp3) is 0.450. The number of carbonyl (C=O) groups excluding carboxylic acids is 1. The van der Waals surface area contributed by atoms with E-state index in [1.807, 2.05) is 24.3 Å². The predicted octanol–water partition coefficient (Wildman–Crippen LogP) is 3.15. The van der Waals surface area contributed by atoms with Crippen molar-refractivity contribution in [3.63, 3.8) is 0 Å². The van der Waals surface area contributed by atoms with Crippen molar-refractivity contribution in [2.75, 3.05) is 26.2 Å². The summed E-state index contributed by atoms with van der Waals surface area (Å²) in [5.74, 6) is 1.28. The van der Waals surface area contributed by atoms with Gasteiger partial charge in [0.05, 0.1) is 6.54 Å². The molecular formula is C20H25ClN2O2. The van der Waals surface area contributed by atoms with Gasteiger partial charge in [-0.15, -0.1) is 12.4 Å². The molecule has 1 aliphatic heterocycles. The molecule has 2 aliphatic rings. The third-order valence-corrected chi connectivity index (χ3v) is 5.50. The second-order valence-electron chi connectivity index (χ2n) is 7.02. The van der Waals surface area contributed by atoms with Crippen LogP contribution in [0.4, 0.5) is 0 Å². The fourth-order valence-electron chi connectivity index (χ4n) is 3.92. The second kappa shape index (κ2) is 7.63. The van der Waals surface area contributed by atoms with E-state index < -0.39 is 0 Å². The molecule has 1 unspecified atom stereocenters. The van der Waals surface area contributed by atoms with Gasteiger partial charge in [-0.25, -0.2) is 0 Å². The predicted molar refractivity (Wildman–Crippen MR) is 102 cm³/mol. The molecule has 5 heteroatoms. The van der Waals surface area contributed by atoms with E-state index in [2.05, 4.69) is 28.8 Å². The van der Waals surface area contributed by atoms with Gasteiger partial charge < -0.3 is 15.4 Å². The first kappa shape index (κ1) is 18.0. The average molecular weight is 361 g/mol. The van der Waals surface area contributed by atoms with E-state index in [-0.39, 0.29) is 24.2 Å². The Morgan fingerprint density at radius 1 is 1.16 bits per heavy atom. The summed E-state index contributed by atoms with van der Waals surface area (Å²) >= 11 is 0. The van der Waals surface area contributed by atoms with Crippen LogP contribution >= 0.6 is 12.4 Å². The number of rotatable bonds is 5. The maximum Gasteiger partial charge on any atom is 0.223 e. The van der Waals surface area contributed by atoms with Gasteiger partial charge in [-0.1, -0.05) is 30.3 Å². The minimum absolute atomic E-state index is 0. The van der Waals surface area contributed by atoms with Crippen molar-refractivity contribution >= 4 is 29.1 Å². The van der Waals surface area contributed by atoms with Gasteiger partial charge in [0.1, 0.15) is 12.4 Å². The zero-order chi connectivity index (χ0) is 16.4. The highest BCUT2D eigenvalue weighted by Gasteiger charge is 2.57. The maximum atomic E-state index is 12.3. The Kier molecular flexibility index (Phi) is 5.50. The van der Waals surface area contributed by atoms with Crippen LogP contribution in [0.2, 0.25) is 0 Å². The highest BCUT2D eigenvalue weighted by molar-refractivity contribution is 5.85. The Morgan fingerprint density at radius 2 is 1.92 bits per heavy atom. The Labute approximate surface area is 154 Å². The van der Waals surface area contributed by atoms with Crippen molar-refractivity contribution in [2.45, 2.75) is 19.3 Å². The highest BCUT2D eigenvalue weighted by atomic mass is 35.5. The molecule has 1 atom stereocenters. The lowest BCUT2D eigenvalue weighted by atomic mass is 9.92. The van der Waals surface area contributed by atoms with Crippen LogP contribution in [0, 0.1) is 11.3 Å². The van der Waals surface area contributed by atoms with E-state index in [1.54, 1.807) is 0 Å². The van der Waals surface area contributed by atoms with Gasteiger partial charge >= 0.3 is 0 Å². The number of nitrogens with one attached hydrogen (secondary N) is 2. The molecule has 2 aromatic carbocycles. The minimum Gasteiger partial charge on any atom is -0.492 e. The number of amides is 1. The van der Waals surface area contributed by atoms with Crippen molar-refractivity contribution in [3.8, 4) is 5.75 Å². The van der Waals surface area contributed by atoms with Crippen molar-refractivity contribution in [3.05, 3.63) is 42.5 Å². The van der Waals surface area contributed by atoms with Gasteiger partial charge in [0.25, 0.3) is 0 Å². The molecule has 1 amide bonds. The SMILES string of the molecule is Cl.O=C(NCCOc1ccc2ccccc2c1)C1CC12CCNCC2. The molecule has 0 aromatic heterocycles. The summed E-state index contributed by atoms with van der Waals surface area (Å²) in [6.07, 6.45) is 3.34. The number of hydrogen-bond donors (Lipinski definition) is 2. The lowest BCUT2D eigenvalue weighted by molar-refractivity contribution is -0.123. The van der Waals surface area contributed by atoms with Crippen LogP contribution in [0.5, 0.6) is 5.75 Å². The lowest BCUT2D eigenvalue weighted by Gasteiger charge is -2.23. The molecule has 1 saturated heterocycles. The van der Waals surface area contributed by atoms with Gasteiger partial charge in [-0.05, 0) is 60.7 Å². The normalized spacial score (nSPS) is 20.7. The molecule has 4 nitrogen and oxygen atoms in total. The third kappa shape index (κ3) is 3.91. The number of ether oxygens (including phenoxy) is 1. The smallest absolute Gasteiger partial charge is 0.223 e. The van der Waals surface area contributed by atoms with Crippen LogP contribution < -0.4 is 15.4 Å². The van der Waals surface area contributed by atoms with Crippen molar-refractivity contribution in [1.82, 2.24) is 10.6 Å². The molecule has 2 N–H and O–H groups in total. The molecule has 2 aromatic rings. The van der Waals surface area contributed by atoms with Crippen LogP contribution in [-0.4, -0.2) is 32.1 Å². The van der Waals surface area contributed by atoms with E-state index in [9.17, 15) is 4.79 Å². The number of piperidine rings is 1. The summed E-state index contributed by atoms with van der Waals surface area (Å²) in [7, 11) is 0. The Hall–Kier alpha value is -1.78. The van der Waals surface area contributed by atoms with Crippen LogP contribution in [0.15, 0.2) is 42.5 Å². The molecule has 1 aliphatic carbocycles. The first-order chi connectivity index (χ1) is 11.8. The first-order valence-electron chi connectivity index (χ1n) is 8.87. The summed E-state index contributed by atoms with van der Waals surface area (Å²) < 4.78 is 5.78. The van der Waals surface area contributed by atoms with E-state index >= 15 is 0 Å². The monoisotopic (exact) mass is 360 g/mol. The molecular weight excluding hydrogens is 336 g/mol. The first-order valence-corrected chi connectivity index (χ1v) is 8.87. The molecule has 1 heterocycles. The summed E-state index contributed by atoms with van der Waals surface area (Å²) in [5.41, 5.74) is 0.300. The fourth-order valence-corrected chi connectivity index (χ4v) is 3.92. The number of benzene rings is 2. The highest BCUT2D eigenvalue weighted by Crippen LogP contribution is 2.58. The number of fused-ring (bicyclic) bond motifs is 1. The van der Waals surface area contributed by atoms with E-state index in [4.69, 9.17) is 4.74 Å². The average Bonchev–Trinajstić information content (AvgIpc) is 3.32. The summed E-state index contributed by atoms with van der Waals surface area (Å²) in [4.78, 5) is 12.3. The molecule has 0 radical (unpaired) electrons. The van der Waals surface area contributed by atoms with Crippen molar-refractivity contribution in [2.24, 2.45) is 11.3 Å². The van der Waals surface area contributed by atoms with Crippen LogP contribution in [0.25, 0.3) is 10.8 Å². The minimum atomic E-state index is 0. The van der Waals surface area contributed by atoms with Crippen molar-refractivity contribution < 1.29 is 9.53 Å². The number of carbonyl (C=O) groups is 1. The Morgan fingerprint density at radius 3 is 2.72 bits per heavy atom. The molecule has 2 fully saturated rings. The molecule has 25 heavy (non-hydrogen) atoms. The van der Waals surface area contributed by atoms with Crippen LogP contribution in [0.1, 0.15) is 19.3 Å². The summed E-state index contributed by atoms with van der Waals surface area (Å²) in [5, 5.41) is 8.79. The van der Waals surface area contributed by atoms with Gasteiger partial charge in [0.15, 0.2) is 0 Å². The molecule has 134 valence electrons. The van der Waals surface area contributed by atoms with Crippen molar-refractivity contribution in [1.29, 1.82) is 0 Å². The topological polar surface area (TPSA) is 50.4 Å². The van der Waals surface area contributed by atoms with E-state index in [1.165, 1.54) is 10.8 Å². The number of halogens is 1. The van der Waals surface area contributed by atoms with Gasteiger partial charge in [-0.3, -0.25) is 4.79 Å². The number of hydrogen-bond acceptors (Lipinski definition) is 3. The van der Waals surface area contributed by atoms with Gasteiger partial charge in [0, 0.05) is 5.92 Å². The van der Waals surface area contributed by atoms with Gasteiger partial charge in [-0.2, -0.15) is 0 Å². The van der Waals surface area contributed by atoms with Crippen LogP contribution in [-0.2, 0) is 4.79 Å². The lowest BCUT2D eigenvalue weighted by Crippen LogP contribution is -2.35. The zero-order valence-electron chi connectivity index (χ0n) is 14.3. The zero-order valence-corrected chi connectivity index (χ0v) is 15.1. The molecule has 1 saturated carbocycles. The summed E-state index contributed by atoms with van der Waals surface area (Å²) in [6.45, 7) is 3.17. The van der Waals surface area contributed by atoms with Crippen LogP contribution in [0.3, 0.4) is 0 Å². The van der Waals surface area contributed by atoms with E-state index in [0.717, 1.165) is 38.1 Å². The molecule has 4 rings (SSSR count). The van der Waals surface area contributed by atoms with Gasteiger partial charge in [0.2, 0.25) is 5.91 Å². The molecule has 0 bridgehead atoms. The maximum absolute atomic E-state index is 12.3. The van der Waals surface area contributed by atoms with E-state index in [0.29, 0.717) is 18.6 Å². The largest absolute Gasteiger partial charge is 0.492 e. The quantitative estimate of drug-likeness (QED) is 0.805.